The minimum Gasteiger partial charge on any atom is -0.503 e. The smallest absolute Gasteiger partial charge is 0.412 e. The molecule has 0 aromatic heterocycles. The zero-order chi connectivity index (χ0) is 17.8. The van der Waals surface area contributed by atoms with Crippen LogP contribution in [0.2, 0.25) is 0 Å². The monoisotopic (exact) mass is 324 g/mol. The molecule has 0 spiro atoms. The van der Waals surface area contributed by atoms with Gasteiger partial charge in [-0.1, -0.05) is 13.8 Å². The fourth-order valence-electron chi connectivity index (χ4n) is 2.06. The molecule has 23 heavy (non-hydrogen) atoms. The van der Waals surface area contributed by atoms with Gasteiger partial charge in [-0.15, -0.1) is 0 Å². The molecular weight excluding hydrogens is 296 g/mol. The molecule has 6 nitrogen and oxygen atoms in total. The van der Waals surface area contributed by atoms with Gasteiger partial charge in [0.15, 0.2) is 11.5 Å². The van der Waals surface area contributed by atoms with Crippen molar-refractivity contribution in [1.82, 2.24) is 0 Å². The first kappa shape index (κ1) is 19.1. The van der Waals surface area contributed by atoms with Crippen LogP contribution in [-0.4, -0.2) is 30.5 Å². The maximum atomic E-state index is 11.9. The van der Waals surface area contributed by atoms with E-state index in [1.165, 1.54) is 7.11 Å². The van der Waals surface area contributed by atoms with E-state index in [2.05, 4.69) is 5.32 Å². The standard InChI is InChI=1S/C17H28N2O4/c1-16(2,3)23-15(21)19-12-7-11(9-17(4,5)10-18)8-13(22-6)14(12)20/h7-8,20H,9-10,18H2,1-6H3,(H,19,21). The number of nitrogens with two attached hydrogens (primary N) is 1. The molecule has 0 saturated carbocycles. The molecule has 1 aromatic rings. The minimum absolute atomic E-state index is 0.106. The van der Waals surface area contributed by atoms with E-state index in [0.29, 0.717) is 18.7 Å². The molecule has 0 radical (unpaired) electrons. The Bertz CT molecular complexity index is 562. The van der Waals surface area contributed by atoms with Crippen LogP contribution in [0, 0.1) is 5.41 Å². The van der Waals surface area contributed by atoms with Crippen LogP contribution >= 0.6 is 0 Å². The van der Waals surface area contributed by atoms with Crippen molar-refractivity contribution >= 4 is 11.8 Å². The van der Waals surface area contributed by atoms with Crippen LogP contribution in [0.5, 0.6) is 11.5 Å². The Morgan fingerprint density at radius 3 is 2.35 bits per heavy atom. The molecule has 0 fully saturated rings. The van der Waals surface area contributed by atoms with E-state index in [1.54, 1.807) is 32.9 Å². The second-order valence-corrected chi connectivity index (χ2v) is 7.37. The van der Waals surface area contributed by atoms with Crippen LogP contribution < -0.4 is 15.8 Å². The summed E-state index contributed by atoms with van der Waals surface area (Å²) in [5.74, 6) is 0.161. The number of amides is 1. The molecule has 6 heteroatoms. The van der Waals surface area contributed by atoms with Crippen LogP contribution in [0.25, 0.3) is 0 Å². The van der Waals surface area contributed by atoms with Crippen LogP contribution in [0.15, 0.2) is 12.1 Å². The lowest BCUT2D eigenvalue weighted by Crippen LogP contribution is -2.27. The molecule has 4 N–H and O–H groups in total. The second kappa shape index (κ2) is 7.08. The topological polar surface area (TPSA) is 93.8 Å². The van der Waals surface area contributed by atoms with E-state index in [1.807, 2.05) is 13.8 Å². The normalized spacial score (nSPS) is 12.0. The first-order valence-corrected chi connectivity index (χ1v) is 7.57. The Labute approximate surface area is 138 Å². The van der Waals surface area contributed by atoms with Crippen LogP contribution in [0.1, 0.15) is 40.2 Å². The third-order valence-corrected chi connectivity index (χ3v) is 3.23. The van der Waals surface area contributed by atoms with Gasteiger partial charge in [-0.2, -0.15) is 0 Å². The summed E-state index contributed by atoms with van der Waals surface area (Å²) in [7, 11) is 1.46. The lowest BCUT2D eigenvalue weighted by atomic mass is 9.85. The van der Waals surface area contributed by atoms with Crippen molar-refractivity contribution in [2.24, 2.45) is 11.1 Å². The number of phenols is 1. The SMILES string of the molecule is COc1cc(CC(C)(C)CN)cc(NC(=O)OC(C)(C)C)c1O. The van der Waals surface area contributed by atoms with Crippen LogP contribution in [0.3, 0.4) is 0 Å². The van der Waals surface area contributed by atoms with Crippen molar-refractivity contribution in [3.63, 3.8) is 0 Å². The summed E-state index contributed by atoms with van der Waals surface area (Å²) in [5.41, 5.74) is 6.20. The highest BCUT2D eigenvalue weighted by atomic mass is 16.6. The number of phenolic OH excluding ortho intramolecular Hbond substituents is 1. The highest BCUT2D eigenvalue weighted by molar-refractivity contribution is 5.88. The molecular formula is C17H28N2O4. The number of carbonyl (C=O) groups is 1. The molecule has 0 unspecified atom stereocenters. The Balaban J connectivity index is 3.08. The molecule has 0 saturated heterocycles. The van der Waals surface area contributed by atoms with E-state index >= 15 is 0 Å². The van der Waals surface area contributed by atoms with Gasteiger partial charge < -0.3 is 20.3 Å². The van der Waals surface area contributed by atoms with Gasteiger partial charge in [0.05, 0.1) is 12.8 Å². The maximum absolute atomic E-state index is 11.9. The van der Waals surface area contributed by atoms with Gasteiger partial charge in [-0.3, -0.25) is 5.32 Å². The van der Waals surface area contributed by atoms with E-state index in [4.69, 9.17) is 15.2 Å². The highest BCUT2D eigenvalue weighted by Gasteiger charge is 2.21. The third kappa shape index (κ3) is 5.98. The number of benzene rings is 1. The quantitative estimate of drug-likeness (QED) is 0.723. The highest BCUT2D eigenvalue weighted by Crippen LogP contribution is 2.37. The summed E-state index contributed by atoms with van der Waals surface area (Å²) in [6.45, 7) is 9.93. The Morgan fingerprint density at radius 1 is 1.26 bits per heavy atom. The van der Waals surface area contributed by atoms with Gasteiger partial charge in [0.1, 0.15) is 5.60 Å². The summed E-state index contributed by atoms with van der Waals surface area (Å²) in [6, 6.07) is 3.45. The molecule has 0 atom stereocenters. The number of carbonyl (C=O) groups excluding carboxylic acids is 1. The van der Waals surface area contributed by atoms with Gasteiger partial charge in [-0.25, -0.2) is 4.79 Å². The average Bonchev–Trinajstić information content (AvgIpc) is 2.39. The summed E-state index contributed by atoms with van der Waals surface area (Å²) in [4.78, 5) is 11.9. The molecule has 0 aliphatic carbocycles. The first-order chi connectivity index (χ1) is 10.5. The number of aromatic hydroxyl groups is 1. The van der Waals surface area contributed by atoms with Crippen LogP contribution in [-0.2, 0) is 11.2 Å². The van der Waals surface area contributed by atoms with Gasteiger partial charge in [0.2, 0.25) is 0 Å². The largest absolute Gasteiger partial charge is 0.503 e. The Kier molecular flexibility index (Phi) is 5.88. The summed E-state index contributed by atoms with van der Waals surface area (Å²) < 4.78 is 10.4. The zero-order valence-electron chi connectivity index (χ0n) is 14.8. The van der Waals surface area contributed by atoms with Crippen LogP contribution in [0.4, 0.5) is 10.5 Å². The fraction of sp³-hybridized carbons (Fsp3) is 0.588. The molecule has 1 aromatic carbocycles. The predicted octanol–water partition coefficient (Wildman–Crippen LogP) is 3.28. The second-order valence-electron chi connectivity index (χ2n) is 7.37. The van der Waals surface area contributed by atoms with E-state index < -0.39 is 11.7 Å². The lowest BCUT2D eigenvalue weighted by molar-refractivity contribution is 0.0635. The zero-order valence-corrected chi connectivity index (χ0v) is 14.8. The molecule has 1 amide bonds. The third-order valence-electron chi connectivity index (χ3n) is 3.23. The lowest BCUT2D eigenvalue weighted by Gasteiger charge is -2.24. The van der Waals surface area contributed by atoms with Crippen molar-refractivity contribution in [2.75, 3.05) is 19.0 Å². The number of rotatable bonds is 5. The number of hydrogen-bond acceptors (Lipinski definition) is 5. The van der Waals surface area contributed by atoms with Crippen molar-refractivity contribution < 1.29 is 19.4 Å². The van der Waals surface area contributed by atoms with E-state index in [-0.39, 0.29) is 16.9 Å². The maximum Gasteiger partial charge on any atom is 0.412 e. The summed E-state index contributed by atoms with van der Waals surface area (Å²) in [6.07, 6.45) is 0.0495. The number of hydrogen-bond donors (Lipinski definition) is 3. The minimum atomic E-state index is -0.634. The Morgan fingerprint density at radius 2 is 1.87 bits per heavy atom. The molecule has 130 valence electrons. The molecule has 1 rings (SSSR count). The predicted molar refractivity (Wildman–Crippen MR) is 91.1 cm³/mol. The first-order valence-electron chi connectivity index (χ1n) is 7.57. The Hall–Kier alpha value is -1.95. The molecule has 0 aliphatic rings. The number of methoxy groups -OCH3 is 1. The van der Waals surface area contributed by atoms with Gasteiger partial charge >= 0.3 is 6.09 Å². The molecule has 0 aliphatic heterocycles. The summed E-state index contributed by atoms with van der Waals surface area (Å²) in [5, 5.41) is 12.8. The van der Waals surface area contributed by atoms with E-state index in [0.717, 1.165) is 5.56 Å². The van der Waals surface area contributed by atoms with Gasteiger partial charge in [0, 0.05) is 0 Å². The van der Waals surface area contributed by atoms with Gasteiger partial charge in [-0.05, 0) is 56.8 Å². The fourth-order valence-corrected chi connectivity index (χ4v) is 2.06. The average molecular weight is 324 g/mol. The summed E-state index contributed by atoms with van der Waals surface area (Å²) >= 11 is 0. The van der Waals surface area contributed by atoms with Crippen molar-refractivity contribution in [3.05, 3.63) is 17.7 Å². The number of ether oxygens (including phenoxy) is 2. The van der Waals surface area contributed by atoms with Crippen molar-refractivity contribution in [1.29, 1.82) is 0 Å². The van der Waals surface area contributed by atoms with E-state index in [9.17, 15) is 9.90 Å². The number of nitrogens with one attached hydrogen (secondary N) is 1. The van der Waals surface area contributed by atoms with Crippen molar-refractivity contribution in [3.8, 4) is 11.5 Å². The molecule has 0 heterocycles. The number of anilines is 1. The van der Waals surface area contributed by atoms with Gasteiger partial charge in [0.25, 0.3) is 0 Å². The van der Waals surface area contributed by atoms with Crippen molar-refractivity contribution in [2.45, 2.75) is 46.6 Å². The molecule has 0 bridgehead atoms.